The molecule has 0 heterocycles. The van der Waals surface area contributed by atoms with Crippen molar-refractivity contribution in [2.45, 2.75) is 13.0 Å². The maximum absolute atomic E-state index is 13.5. The fourth-order valence-electron chi connectivity index (χ4n) is 2.13. The van der Waals surface area contributed by atoms with Gasteiger partial charge in [-0.1, -0.05) is 18.2 Å². The number of rotatable bonds is 7. The quantitative estimate of drug-likeness (QED) is 0.794. The molecule has 0 amide bonds. The maximum atomic E-state index is 13.5. The van der Waals surface area contributed by atoms with Crippen molar-refractivity contribution in [3.05, 3.63) is 59.4 Å². The molecule has 0 aliphatic carbocycles. The van der Waals surface area contributed by atoms with Gasteiger partial charge in [-0.2, -0.15) is 0 Å². The average molecular weight is 289 g/mol. The molecule has 21 heavy (non-hydrogen) atoms. The first-order valence-corrected chi connectivity index (χ1v) is 6.89. The third kappa shape index (κ3) is 4.46. The molecular formula is C17H20FNO2. The molecule has 112 valence electrons. The predicted molar refractivity (Wildman–Crippen MR) is 81.4 cm³/mol. The molecule has 3 nitrogen and oxygen atoms in total. The van der Waals surface area contributed by atoms with Gasteiger partial charge in [-0.3, -0.25) is 0 Å². The zero-order chi connectivity index (χ0) is 15.1. The maximum Gasteiger partial charge on any atom is 0.126 e. The molecule has 0 unspecified atom stereocenters. The molecule has 0 spiro atoms. The van der Waals surface area contributed by atoms with Gasteiger partial charge in [0.2, 0.25) is 0 Å². The van der Waals surface area contributed by atoms with Gasteiger partial charge in [0.05, 0.1) is 14.2 Å². The number of ether oxygens (including phenoxy) is 2. The van der Waals surface area contributed by atoms with Crippen molar-refractivity contribution < 1.29 is 13.9 Å². The van der Waals surface area contributed by atoms with Crippen molar-refractivity contribution in [3.8, 4) is 11.5 Å². The lowest BCUT2D eigenvalue weighted by molar-refractivity contribution is 0.393. The van der Waals surface area contributed by atoms with E-state index in [4.69, 9.17) is 9.47 Å². The van der Waals surface area contributed by atoms with E-state index in [0.717, 1.165) is 22.6 Å². The third-order valence-corrected chi connectivity index (χ3v) is 3.27. The minimum Gasteiger partial charge on any atom is -0.497 e. The van der Waals surface area contributed by atoms with Crippen LogP contribution in [0.2, 0.25) is 0 Å². The highest BCUT2D eigenvalue weighted by Crippen LogP contribution is 2.22. The summed E-state index contributed by atoms with van der Waals surface area (Å²) in [5.41, 5.74) is 1.80. The van der Waals surface area contributed by atoms with Crippen molar-refractivity contribution in [3.63, 3.8) is 0 Å². The molecule has 0 saturated carbocycles. The zero-order valence-corrected chi connectivity index (χ0v) is 12.4. The van der Waals surface area contributed by atoms with Gasteiger partial charge in [0.25, 0.3) is 0 Å². The molecule has 2 aromatic rings. The van der Waals surface area contributed by atoms with Gasteiger partial charge < -0.3 is 14.8 Å². The van der Waals surface area contributed by atoms with Gasteiger partial charge in [-0.05, 0) is 42.3 Å². The summed E-state index contributed by atoms with van der Waals surface area (Å²) in [5, 5.41) is 3.30. The van der Waals surface area contributed by atoms with Crippen molar-refractivity contribution in [1.29, 1.82) is 0 Å². The molecule has 0 bridgehead atoms. The molecule has 0 aliphatic heterocycles. The largest absolute Gasteiger partial charge is 0.497 e. The summed E-state index contributed by atoms with van der Waals surface area (Å²) in [5.74, 6) is 1.38. The summed E-state index contributed by atoms with van der Waals surface area (Å²) in [4.78, 5) is 0. The standard InChI is InChI=1S/C17H20FNO2/c1-20-15-9-13(10-16(11-15)21-2)12-19-8-7-14-5-3-4-6-17(14)18/h3-6,9-11,19H,7-8,12H2,1-2H3. The Morgan fingerprint density at radius 1 is 1.00 bits per heavy atom. The van der Waals surface area contributed by atoms with Gasteiger partial charge in [-0.25, -0.2) is 4.39 Å². The topological polar surface area (TPSA) is 30.5 Å². The second-order valence-corrected chi connectivity index (χ2v) is 4.74. The van der Waals surface area contributed by atoms with Crippen molar-refractivity contribution in [2.75, 3.05) is 20.8 Å². The van der Waals surface area contributed by atoms with Crippen LogP contribution in [-0.2, 0) is 13.0 Å². The second-order valence-electron chi connectivity index (χ2n) is 4.74. The Hall–Kier alpha value is -2.07. The number of methoxy groups -OCH3 is 2. The zero-order valence-electron chi connectivity index (χ0n) is 12.4. The molecule has 0 saturated heterocycles. The fourth-order valence-corrected chi connectivity index (χ4v) is 2.13. The van der Waals surface area contributed by atoms with Gasteiger partial charge >= 0.3 is 0 Å². The van der Waals surface area contributed by atoms with E-state index in [2.05, 4.69) is 5.32 Å². The van der Waals surface area contributed by atoms with Crippen LogP contribution in [-0.4, -0.2) is 20.8 Å². The van der Waals surface area contributed by atoms with E-state index in [-0.39, 0.29) is 5.82 Å². The van der Waals surface area contributed by atoms with E-state index in [0.29, 0.717) is 19.5 Å². The first-order valence-electron chi connectivity index (χ1n) is 6.89. The molecule has 0 fully saturated rings. The summed E-state index contributed by atoms with van der Waals surface area (Å²) in [6, 6.07) is 12.6. The summed E-state index contributed by atoms with van der Waals surface area (Å²) in [7, 11) is 3.26. The molecule has 0 atom stereocenters. The molecule has 2 rings (SSSR count). The minimum absolute atomic E-state index is 0.151. The summed E-state index contributed by atoms with van der Waals surface area (Å²) in [6.07, 6.45) is 0.660. The minimum atomic E-state index is -0.151. The van der Waals surface area contributed by atoms with Crippen molar-refractivity contribution in [2.24, 2.45) is 0 Å². The molecule has 2 aromatic carbocycles. The Labute approximate surface area is 124 Å². The first-order chi connectivity index (χ1) is 10.2. The van der Waals surface area contributed by atoms with E-state index in [1.807, 2.05) is 30.3 Å². The average Bonchev–Trinajstić information content (AvgIpc) is 2.52. The van der Waals surface area contributed by atoms with Crippen molar-refractivity contribution >= 4 is 0 Å². The van der Waals surface area contributed by atoms with E-state index in [1.165, 1.54) is 6.07 Å². The molecule has 1 N–H and O–H groups in total. The molecular weight excluding hydrogens is 269 g/mol. The summed E-state index contributed by atoms with van der Waals surface area (Å²) in [6.45, 7) is 1.39. The van der Waals surface area contributed by atoms with Crippen molar-refractivity contribution in [1.82, 2.24) is 5.32 Å². The number of hydrogen-bond donors (Lipinski definition) is 1. The van der Waals surface area contributed by atoms with E-state index >= 15 is 0 Å². The Morgan fingerprint density at radius 3 is 2.29 bits per heavy atom. The van der Waals surface area contributed by atoms with Crippen LogP contribution >= 0.6 is 0 Å². The van der Waals surface area contributed by atoms with Gasteiger partial charge in [0, 0.05) is 12.6 Å². The molecule has 0 aliphatic rings. The monoisotopic (exact) mass is 289 g/mol. The van der Waals surface area contributed by atoms with E-state index in [1.54, 1.807) is 20.3 Å². The van der Waals surface area contributed by atoms with Gasteiger partial charge in [0.15, 0.2) is 0 Å². The van der Waals surface area contributed by atoms with Crippen LogP contribution in [0.4, 0.5) is 4.39 Å². The number of hydrogen-bond acceptors (Lipinski definition) is 3. The predicted octanol–water partition coefficient (Wildman–Crippen LogP) is 3.18. The van der Waals surface area contributed by atoms with Crippen LogP contribution in [0.15, 0.2) is 42.5 Å². The first kappa shape index (κ1) is 15.3. The Balaban J connectivity index is 1.87. The Morgan fingerprint density at radius 2 is 1.67 bits per heavy atom. The van der Waals surface area contributed by atoms with E-state index < -0.39 is 0 Å². The number of nitrogens with one attached hydrogen (secondary N) is 1. The smallest absolute Gasteiger partial charge is 0.126 e. The SMILES string of the molecule is COc1cc(CNCCc2ccccc2F)cc(OC)c1. The second kappa shape index (κ2) is 7.64. The lowest BCUT2D eigenvalue weighted by Gasteiger charge is -2.10. The lowest BCUT2D eigenvalue weighted by atomic mass is 10.1. The number of benzene rings is 2. The molecule has 4 heteroatoms. The normalized spacial score (nSPS) is 10.4. The van der Waals surface area contributed by atoms with Crippen LogP contribution in [0.3, 0.4) is 0 Å². The summed E-state index contributed by atoms with van der Waals surface area (Å²) >= 11 is 0. The molecule has 0 aromatic heterocycles. The highest BCUT2D eigenvalue weighted by molar-refractivity contribution is 5.38. The highest BCUT2D eigenvalue weighted by atomic mass is 19.1. The van der Waals surface area contributed by atoms with Gasteiger partial charge in [0.1, 0.15) is 17.3 Å². The summed E-state index contributed by atoms with van der Waals surface area (Å²) < 4.78 is 23.9. The highest BCUT2D eigenvalue weighted by Gasteiger charge is 2.03. The fraction of sp³-hybridized carbons (Fsp3) is 0.294. The molecule has 0 radical (unpaired) electrons. The van der Waals surface area contributed by atoms with Crippen LogP contribution in [0.5, 0.6) is 11.5 Å². The van der Waals surface area contributed by atoms with Crippen LogP contribution < -0.4 is 14.8 Å². The van der Waals surface area contributed by atoms with E-state index in [9.17, 15) is 4.39 Å². The lowest BCUT2D eigenvalue weighted by Crippen LogP contribution is -2.17. The Kier molecular flexibility index (Phi) is 5.58. The van der Waals surface area contributed by atoms with Crippen LogP contribution in [0.1, 0.15) is 11.1 Å². The van der Waals surface area contributed by atoms with Crippen LogP contribution in [0.25, 0.3) is 0 Å². The Bertz CT molecular complexity index is 565. The number of halogens is 1. The van der Waals surface area contributed by atoms with Crippen LogP contribution in [0, 0.1) is 5.82 Å². The third-order valence-electron chi connectivity index (χ3n) is 3.27. The van der Waals surface area contributed by atoms with Gasteiger partial charge in [-0.15, -0.1) is 0 Å².